The van der Waals surface area contributed by atoms with E-state index in [1.165, 1.54) is 11.3 Å². The third-order valence-corrected chi connectivity index (χ3v) is 4.58. The molecule has 7 nitrogen and oxygen atoms in total. The molecule has 1 atom stereocenters. The molecule has 23 heavy (non-hydrogen) atoms. The number of nitrogens with one attached hydrogen (secondary N) is 1. The Kier molecular flexibility index (Phi) is 4.41. The van der Waals surface area contributed by atoms with E-state index in [1.54, 1.807) is 0 Å². The normalized spacial score (nSPS) is 19.3. The fraction of sp³-hybridized carbons (Fsp3) is 0.625. The maximum atomic E-state index is 5.74. The third kappa shape index (κ3) is 2.98. The van der Waals surface area contributed by atoms with Gasteiger partial charge in [-0.3, -0.25) is 10.00 Å². The molecule has 1 aliphatic heterocycles. The van der Waals surface area contributed by atoms with Crippen LogP contribution in [-0.2, 0) is 18.3 Å². The molecule has 1 unspecified atom stereocenters. The number of aryl methyl sites for hydroxylation is 2. The van der Waals surface area contributed by atoms with Crippen LogP contribution in [0.15, 0.2) is 6.20 Å². The average Bonchev–Trinajstić information content (AvgIpc) is 3.04. The van der Waals surface area contributed by atoms with Gasteiger partial charge in [-0.1, -0.05) is 0 Å². The van der Waals surface area contributed by atoms with E-state index in [2.05, 4.69) is 45.5 Å². The van der Waals surface area contributed by atoms with Gasteiger partial charge >= 0.3 is 0 Å². The average molecular weight is 318 g/mol. The molecule has 1 fully saturated rings. The summed E-state index contributed by atoms with van der Waals surface area (Å²) >= 11 is 0. The smallest absolute Gasteiger partial charge is 0.204 e. The van der Waals surface area contributed by atoms with E-state index in [-0.39, 0.29) is 6.04 Å². The first-order valence-corrected chi connectivity index (χ1v) is 8.00. The van der Waals surface area contributed by atoms with Gasteiger partial charge in [0.2, 0.25) is 5.95 Å². The summed E-state index contributed by atoms with van der Waals surface area (Å²) in [6.07, 6.45) is 1.97. The summed E-state index contributed by atoms with van der Waals surface area (Å²) < 4.78 is 7.90. The van der Waals surface area contributed by atoms with Crippen LogP contribution in [0.5, 0.6) is 0 Å². The van der Waals surface area contributed by atoms with Crippen molar-refractivity contribution in [1.29, 1.82) is 0 Å². The van der Waals surface area contributed by atoms with Gasteiger partial charge < -0.3 is 14.2 Å². The summed E-state index contributed by atoms with van der Waals surface area (Å²) in [6.45, 7) is 7.38. The molecular formula is C16H26N6O. The molecule has 0 aliphatic carbocycles. The van der Waals surface area contributed by atoms with Crippen molar-refractivity contribution < 1.29 is 4.74 Å². The van der Waals surface area contributed by atoms with Crippen LogP contribution >= 0.6 is 0 Å². The van der Waals surface area contributed by atoms with E-state index in [1.807, 2.05) is 25.2 Å². The Bertz CT molecular complexity index is 655. The van der Waals surface area contributed by atoms with E-state index >= 15 is 0 Å². The Labute approximate surface area is 137 Å². The minimum atomic E-state index is 0.236. The van der Waals surface area contributed by atoms with Crippen LogP contribution in [0.1, 0.15) is 28.7 Å². The summed E-state index contributed by atoms with van der Waals surface area (Å²) in [6, 6.07) is 0.236. The number of hydrogen-bond donors (Lipinski definition) is 1. The van der Waals surface area contributed by atoms with Gasteiger partial charge in [-0.2, -0.15) is 5.10 Å². The number of nitrogens with zero attached hydrogens (tertiary/aromatic N) is 5. The largest absolute Gasteiger partial charge is 0.378 e. The molecule has 2 aromatic heterocycles. The van der Waals surface area contributed by atoms with Crippen molar-refractivity contribution in [2.45, 2.75) is 26.4 Å². The third-order valence-electron chi connectivity index (χ3n) is 4.58. The molecule has 1 saturated heterocycles. The number of morpholine rings is 1. The molecule has 3 heterocycles. The number of aromatic amines is 1. The van der Waals surface area contributed by atoms with Crippen molar-refractivity contribution in [2.24, 2.45) is 7.05 Å². The van der Waals surface area contributed by atoms with E-state index in [0.29, 0.717) is 6.61 Å². The molecular weight excluding hydrogens is 292 g/mol. The second kappa shape index (κ2) is 6.33. The van der Waals surface area contributed by atoms with Crippen LogP contribution in [0.3, 0.4) is 0 Å². The lowest BCUT2D eigenvalue weighted by Crippen LogP contribution is -2.39. The summed E-state index contributed by atoms with van der Waals surface area (Å²) in [4.78, 5) is 9.01. The van der Waals surface area contributed by atoms with Crippen LogP contribution in [0.2, 0.25) is 0 Å². The SMILES string of the molecule is Cc1n[nH]c(C)c1C1COCCN1Cc1cnc(N(C)C)n1C. The summed E-state index contributed by atoms with van der Waals surface area (Å²) in [5, 5.41) is 7.44. The van der Waals surface area contributed by atoms with Gasteiger partial charge in [0.15, 0.2) is 0 Å². The maximum Gasteiger partial charge on any atom is 0.204 e. The van der Waals surface area contributed by atoms with Gasteiger partial charge in [-0.05, 0) is 13.8 Å². The van der Waals surface area contributed by atoms with Crippen molar-refractivity contribution in [3.05, 3.63) is 28.8 Å². The molecule has 3 rings (SSSR count). The lowest BCUT2D eigenvalue weighted by Gasteiger charge is -2.36. The van der Waals surface area contributed by atoms with Crippen molar-refractivity contribution in [2.75, 3.05) is 38.8 Å². The minimum absolute atomic E-state index is 0.236. The molecule has 2 aromatic rings. The highest BCUT2D eigenvalue weighted by Crippen LogP contribution is 2.29. The predicted octanol–water partition coefficient (Wildman–Crippen LogP) is 1.40. The summed E-state index contributed by atoms with van der Waals surface area (Å²) in [5.74, 6) is 0.973. The zero-order valence-electron chi connectivity index (χ0n) is 14.6. The van der Waals surface area contributed by atoms with Crippen LogP contribution in [0.25, 0.3) is 0 Å². The van der Waals surface area contributed by atoms with Gasteiger partial charge in [0.05, 0.1) is 36.8 Å². The van der Waals surface area contributed by atoms with Gasteiger partial charge in [-0.25, -0.2) is 4.98 Å². The van der Waals surface area contributed by atoms with Crippen LogP contribution < -0.4 is 4.90 Å². The topological polar surface area (TPSA) is 62.2 Å². The Morgan fingerprint density at radius 1 is 1.39 bits per heavy atom. The number of H-pyrrole nitrogens is 1. The zero-order valence-corrected chi connectivity index (χ0v) is 14.6. The Hall–Kier alpha value is -1.86. The predicted molar refractivity (Wildman–Crippen MR) is 89.6 cm³/mol. The van der Waals surface area contributed by atoms with E-state index in [0.717, 1.165) is 37.0 Å². The number of aromatic nitrogens is 4. The van der Waals surface area contributed by atoms with E-state index in [9.17, 15) is 0 Å². The first-order valence-electron chi connectivity index (χ1n) is 8.00. The van der Waals surface area contributed by atoms with E-state index < -0.39 is 0 Å². The fourth-order valence-electron chi connectivity index (χ4n) is 3.35. The molecule has 0 amide bonds. The van der Waals surface area contributed by atoms with Crippen molar-refractivity contribution in [1.82, 2.24) is 24.6 Å². The van der Waals surface area contributed by atoms with Crippen LogP contribution in [-0.4, -0.2) is 58.5 Å². The maximum absolute atomic E-state index is 5.74. The standard InChI is InChI=1S/C16H26N6O/c1-11-15(12(2)19-18-11)14-10-23-7-6-22(14)9-13-8-17-16(20(3)4)21(13)5/h8,14H,6-7,9-10H2,1-5H3,(H,18,19). The van der Waals surface area contributed by atoms with Crippen LogP contribution in [0, 0.1) is 13.8 Å². The van der Waals surface area contributed by atoms with Crippen molar-refractivity contribution >= 4 is 5.95 Å². The van der Waals surface area contributed by atoms with Crippen LogP contribution in [0.4, 0.5) is 5.95 Å². The molecule has 0 saturated carbocycles. The summed E-state index contributed by atoms with van der Waals surface area (Å²) in [7, 11) is 6.10. The molecule has 0 aromatic carbocycles. The number of anilines is 1. The molecule has 0 bridgehead atoms. The highest BCUT2D eigenvalue weighted by atomic mass is 16.5. The number of rotatable bonds is 4. The molecule has 0 spiro atoms. The first-order chi connectivity index (χ1) is 11.0. The molecule has 1 N–H and O–H groups in total. The quantitative estimate of drug-likeness (QED) is 0.923. The van der Waals surface area contributed by atoms with E-state index in [4.69, 9.17) is 4.74 Å². The number of hydrogen-bond acceptors (Lipinski definition) is 5. The zero-order chi connectivity index (χ0) is 16.6. The molecule has 7 heteroatoms. The first kappa shape index (κ1) is 16.0. The highest BCUT2D eigenvalue weighted by Gasteiger charge is 2.29. The Balaban J connectivity index is 1.85. The van der Waals surface area contributed by atoms with Crippen molar-refractivity contribution in [3.8, 4) is 0 Å². The molecule has 0 radical (unpaired) electrons. The minimum Gasteiger partial charge on any atom is -0.378 e. The monoisotopic (exact) mass is 318 g/mol. The lowest BCUT2D eigenvalue weighted by molar-refractivity contribution is -0.0140. The van der Waals surface area contributed by atoms with Gasteiger partial charge in [0, 0.05) is 45.5 Å². The number of imidazole rings is 1. The highest BCUT2D eigenvalue weighted by molar-refractivity contribution is 5.31. The van der Waals surface area contributed by atoms with Gasteiger partial charge in [-0.15, -0.1) is 0 Å². The van der Waals surface area contributed by atoms with Gasteiger partial charge in [0.25, 0.3) is 0 Å². The Morgan fingerprint density at radius 2 is 2.17 bits per heavy atom. The molecule has 1 aliphatic rings. The molecule has 126 valence electrons. The summed E-state index contributed by atoms with van der Waals surface area (Å²) in [5.41, 5.74) is 4.66. The van der Waals surface area contributed by atoms with Crippen molar-refractivity contribution in [3.63, 3.8) is 0 Å². The fourth-order valence-corrected chi connectivity index (χ4v) is 3.35. The lowest BCUT2D eigenvalue weighted by atomic mass is 10.0. The second-order valence-corrected chi connectivity index (χ2v) is 6.41. The number of ether oxygens (including phenoxy) is 1. The second-order valence-electron chi connectivity index (χ2n) is 6.41. The Morgan fingerprint density at radius 3 is 2.78 bits per heavy atom. The van der Waals surface area contributed by atoms with Gasteiger partial charge in [0.1, 0.15) is 0 Å².